The summed E-state index contributed by atoms with van der Waals surface area (Å²) in [5.74, 6) is 2.75. The number of hydrogen-bond acceptors (Lipinski definition) is 4. The topological polar surface area (TPSA) is 64.2 Å². The van der Waals surface area contributed by atoms with E-state index in [1.807, 2.05) is 17.0 Å². The summed E-state index contributed by atoms with van der Waals surface area (Å²) in [5, 5.41) is 4.08. The Balaban J connectivity index is 1.63. The smallest absolute Gasteiger partial charge is 0.223 e. The van der Waals surface area contributed by atoms with Gasteiger partial charge in [0.25, 0.3) is 0 Å². The molecule has 1 amide bonds. The van der Waals surface area contributed by atoms with Crippen LogP contribution in [0.15, 0.2) is 29.2 Å². The summed E-state index contributed by atoms with van der Waals surface area (Å²) in [6.45, 7) is 5.87. The number of carbonyl (C=O) groups is 1. The average Bonchev–Trinajstić information content (AvgIpc) is 3.26. The number of amides is 1. The highest BCUT2D eigenvalue weighted by atomic mass is 16.3. The molecule has 24 heavy (non-hydrogen) atoms. The molecule has 130 valence electrons. The molecule has 3 rings (SSSR count). The molecule has 0 unspecified atom stereocenters. The lowest BCUT2D eigenvalue weighted by Crippen LogP contribution is -2.40. The third-order valence-electron chi connectivity index (χ3n) is 4.79. The van der Waals surface area contributed by atoms with Gasteiger partial charge in [-0.25, -0.2) is 4.98 Å². The van der Waals surface area contributed by atoms with Crippen molar-refractivity contribution in [3.8, 4) is 0 Å². The molecule has 0 aromatic carbocycles. The minimum atomic E-state index is 0.0768. The summed E-state index contributed by atoms with van der Waals surface area (Å²) in [6, 6.07) is 4.15. The minimum absolute atomic E-state index is 0.0768. The van der Waals surface area contributed by atoms with Crippen LogP contribution in [0.4, 0.5) is 0 Å². The van der Waals surface area contributed by atoms with Gasteiger partial charge in [-0.1, -0.05) is 13.8 Å². The van der Waals surface area contributed by atoms with Gasteiger partial charge < -0.3 is 9.32 Å². The predicted molar refractivity (Wildman–Crippen MR) is 90.2 cm³/mol. The first-order chi connectivity index (χ1) is 11.7. The van der Waals surface area contributed by atoms with Gasteiger partial charge in [-0.05, 0) is 37.3 Å². The number of furan rings is 1. The van der Waals surface area contributed by atoms with Gasteiger partial charge in [-0.2, -0.15) is 5.10 Å². The van der Waals surface area contributed by atoms with Crippen molar-refractivity contribution in [3.05, 3.63) is 36.3 Å². The molecule has 0 aliphatic carbocycles. The van der Waals surface area contributed by atoms with E-state index in [1.54, 1.807) is 11.0 Å². The average molecular weight is 330 g/mol. The lowest BCUT2D eigenvalue weighted by Gasteiger charge is -2.37. The zero-order chi connectivity index (χ0) is 16.9. The lowest BCUT2D eigenvalue weighted by molar-refractivity contribution is -0.136. The SMILES string of the molecule is CCc1ccc([C@H]2C[C@H](C)CCN2C(=O)CCCn2cncn2)o1. The molecule has 1 aliphatic rings. The Morgan fingerprint density at radius 2 is 2.29 bits per heavy atom. The van der Waals surface area contributed by atoms with Crippen LogP contribution in [0.1, 0.15) is 57.1 Å². The van der Waals surface area contributed by atoms with Crippen LogP contribution in [0.3, 0.4) is 0 Å². The van der Waals surface area contributed by atoms with E-state index in [0.717, 1.165) is 50.3 Å². The lowest BCUT2D eigenvalue weighted by atomic mass is 9.90. The molecular formula is C18H26N4O2. The summed E-state index contributed by atoms with van der Waals surface area (Å²) in [6.07, 6.45) is 7.44. The van der Waals surface area contributed by atoms with Crippen LogP contribution >= 0.6 is 0 Å². The summed E-state index contributed by atoms with van der Waals surface area (Å²) in [5.41, 5.74) is 0. The van der Waals surface area contributed by atoms with Crippen LogP contribution in [-0.2, 0) is 17.8 Å². The molecule has 0 saturated carbocycles. The van der Waals surface area contributed by atoms with Crippen LogP contribution < -0.4 is 0 Å². The number of nitrogens with zero attached hydrogens (tertiary/aromatic N) is 4. The molecule has 1 fully saturated rings. The predicted octanol–water partition coefficient (Wildman–Crippen LogP) is 3.21. The van der Waals surface area contributed by atoms with Gasteiger partial charge in [-0.15, -0.1) is 0 Å². The second-order valence-corrected chi connectivity index (χ2v) is 6.65. The number of piperidine rings is 1. The Hall–Kier alpha value is -2.11. The number of aryl methyl sites for hydroxylation is 2. The first kappa shape index (κ1) is 16.7. The van der Waals surface area contributed by atoms with Crippen molar-refractivity contribution in [3.63, 3.8) is 0 Å². The highest BCUT2D eigenvalue weighted by Gasteiger charge is 2.32. The number of rotatable bonds is 6. The second-order valence-electron chi connectivity index (χ2n) is 6.65. The van der Waals surface area contributed by atoms with E-state index in [0.29, 0.717) is 12.3 Å². The zero-order valence-electron chi connectivity index (χ0n) is 14.5. The van der Waals surface area contributed by atoms with Gasteiger partial charge >= 0.3 is 0 Å². The van der Waals surface area contributed by atoms with Crippen LogP contribution in [0.2, 0.25) is 0 Å². The third kappa shape index (κ3) is 3.86. The van der Waals surface area contributed by atoms with E-state index < -0.39 is 0 Å². The van der Waals surface area contributed by atoms with Crippen LogP contribution in [-0.4, -0.2) is 32.1 Å². The van der Waals surface area contributed by atoms with Crippen molar-refractivity contribution in [2.24, 2.45) is 5.92 Å². The Kier molecular flexibility index (Phi) is 5.33. The maximum atomic E-state index is 12.7. The molecule has 0 bridgehead atoms. The summed E-state index contributed by atoms with van der Waals surface area (Å²) in [7, 11) is 0. The number of aromatic nitrogens is 3. The van der Waals surface area contributed by atoms with Crippen molar-refractivity contribution < 1.29 is 9.21 Å². The fourth-order valence-corrected chi connectivity index (χ4v) is 3.36. The van der Waals surface area contributed by atoms with Gasteiger partial charge in [0.2, 0.25) is 5.91 Å². The van der Waals surface area contributed by atoms with E-state index in [-0.39, 0.29) is 11.9 Å². The van der Waals surface area contributed by atoms with Crippen molar-refractivity contribution in [1.29, 1.82) is 0 Å². The Labute approximate surface area is 142 Å². The molecule has 0 radical (unpaired) electrons. The van der Waals surface area contributed by atoms with Crippen LogP contribution in [0.25, 0.3) is 0 Å². The van der Waals surface area contributed by atoms with Gasteiger partial charge in [0.1, 0.15) is 24.2 Å². The fourth-order valence-electron chi connectivity index (χ4n) is 3.36. The fraction of sp³-hybridized carbons (Fsp3) is 0.611. The Morgan fingerprint density at radius 1 is 1.42 bits per heavy atom. The number of likely N-dealkylation sites (tertiary alicyclic amines) is 1. The molecule has 2 aromatic heterocycles. The van der Waals surface area contributed by atoms with Gasteiger partial charge in [0.05, 0.1) is 6.04 Å². The molecule has 1 aliphatic heterocycles. The summed E-state index contributed by atoms with van der Waals surface area (Å²) >= 11 is 0. The van der Waals surface area contributed by atoms with Gasteiger partial charge in [0, 0.05) is 25.9 Å². The van der Waals surface area contributed by atoms with Crippen molar-refractivity contribution in [2.75, 3.05) is 6.54 Å². The standard InChI is InChI=1S/C18H26N4O2/c1-3-15-6-7-17(24-15)16-11-14(2)8-10-22(16)18(23)5-4-9-21-13-19-12-20-21/h6-7,12-14,16H,3-5,8-11H2,1-2H3/t14-,16-/m1/s1. The van der Waals surface area contributed by atoms with E-state index in [4.69, 9.17) is 4.42 Å². The maximum absolute atomic E-state index is 12.7. The van der Waals surface area contributed by atoms with Crippen LogP contribution in [0.5, 0.6) is 0 Å². The molecule has 3 heterocycles. The molecular weight excluding hydrogens is 304 g/mol. The normalized spacial score (nSPS) is 21.2. The van der Waals surface area contributed by atoms with E-state index in [9.17, 15) is 4.79 Å². The van der Waals surface area contributed by atoms with Gasteiger partial charge in [0.15, 0.2) is 0 Å². The number of carbonyl (C=O) groups excluding carboxylic acids is 1. The second kappa shape index (κ2) is 7.64. The third-order valence-corrected chi connectivity index (χ3v) is 4.79. The monoisotopic (exact) mass is 330 g/mol. The van der Waals surface area contributed by atoms with Gasteiger partial charge in [-0.3, -0.25) is 9.48 Å². The Morgan fingerprint density at radius 3 is 3.00 bits per heavy atom. The zero-order valence-corrected chi connectivity index (χ0v) is 14.5. The molecule has 2 aromatic rings. The molecule has 0 spiro atoms. The van der Waals surface area contributed by atoms with Crippen LogP contribution in [0, 0.1) is 5.92 Å². The van der Waals surface area contributed by atoms with E-state index in [1.165, 1.54) is 6.33 Å². The summed E-state index contributed by atoms with van der Waals surface area (Å²) in [4.78, 5) is 18.7. The first-order valence-corrected chi connectivity index (χ1v) is 8.88. The molecule has 2 atom stereocenters. The molecule has 0 N–H and O–H groups in total. The highest BCUT2D eigenvalue weighted by molar-refractivity contribution is 5.76. The molecule has 6 heteroatoms. The van der Waals surface area contributed by atoms with E-state index >= 15 is 0 Å². The van der Waals surface area contributed by atoms with E-state index in [2.05, 4.69) is 23.9 Å². The molecule has 6 nitrogen and oxygen atoms in total. The van der Waals surface area contributed by atoms with Crippen molar-refractivity contribution in [1.82, 2.24) is 19.7 Å². The largest absolute Gasteiger partial charge is 0.464 e. The maximum Gasteiger partial charge on any atom is 0.223 e. The minimum Gasteiger partial charge on any atom is -0.464 e. The van der Waals surface area contributed by atoms with Crippen molar-refractivity contribution in [2.45, 2.75) is 58.5 Å². The first-order valence-electron chi connectivity index (χ1n) is 8.88. The quantitative estimate of drug-likeness (QED) is 0.816. The highest BCUT2D eigenvalue weighted by Crippen LogP contribution is 2.35. The summed E-state index contributed by atoms with van der Waals surface area (Å²) < 4.78 is 7.72. The van der Waals surface area contributed by atoms with Crippen molar-refractivity contribution >= 4 is 5.91 Å². The number of hydrogen-bond donors (Lipinski definition) is 0. The molecule has 1 saturated heterocycles. The Bertz CT molecular complexity index is 650.